The fraction of sp³-hybridized carbons (Fsp3) is 0.286. The average molecular weight is 425 g/mol. The Kier molecular flexibility index (Phi) is 4.68. The van der Waals surface area contributed by atoms with Crippen molar-refractivity contribution in [2.75, 3.05) is 0 Å². The van der Waals surface area contributed by atoms with Crippen LogP contribution in [0.25, 0.3) is 0 Å². The van der Waals surface area contributed by atoms with Crippen molar-refractivity contribution in [2.24, 2.45) is 5.73 Å². The summed E-state index contributed by atoms with van der Waals surface area (Å²) in [5.74, 6) is 0.455. The fourth-order valence-electron chi connectivity index (χ4n) is 3.85. The number of nitrogens with one attached hydrogen (secondary N) is 1. The summed E-state index contributed by atoms with van der Waals surface area (Å²) in [5, 5.41) is 0. The predicted molar refractivity (Wildman–Crippen MR) is 97.6 cm³/mol. The third-order valence-corrected chi connectivity index (χ3v) is 5.27. The van der Waals surface area contributed by atoms with E-state index in [2.05, 4.69) is 9.97 Å². The lowest BCUT2D eigenvalue weighted by molar-refractivity contribution is -0.143. The summed E-state index contributed by atoms with van der Waals surface area (Å²) in [4.78, 5) is 7.34. The van der Waals surface area contributed by atoms with Crippen LogP contribution in [-0.4, -0.2) is 9.97 Å². The normalized spacial score (nSPS) is 16.0. The van der Waals surface area contributed by atoms with E-state index in [0.29, 0.717) is 36.5 Å². The molecule has 0 saturated carbocycles. The SMILES string of the molecule is NC1(c2nc(Cc3cc(C(F)(F)F)cc(C(F)(F)F)c3)c[nH]2)Cc2ccccc2C1. The van der Waals surface area contributed by atoms with E-state index in [4.69, 9.17) is 5.73 Å². The van der Waals surface area contributed by atoms with Gasteiger partial charge in [-0.1, -0.05) is 24.3 Å². The predicted octanol–water partition coefficient (Wildman–Crippen LogP) is 4.99. The summed E-state index contributed by atoms with van der Waals surface area (Å²) < 4.78 is 78.3. The van der Waals surface area contributed by atoms with E-state index in [1.807, 2.05) is 24.3 Å². The molecular weight excluding hydrogens is 408 g/mol. The van der Waals surface area contributed by atoms with E-state index in [1.54, 1.807) is 0 Å². The zero-order chi connectivity index (χ0) is 21.7. The fourth-order valence-corrected chi connectivity index (χ4v) is 3.85. The highest BCUT2D eigenvalue weighted by Crippen LogP contribution is 2.37. The van der Waals surface area contributed by atoms with E-state index in [9.17, 15) is 26.3 Å². The molecule has 0 bridgehead atoms. The summed E-state index contributed by atoms with van der Waals surface area (Å²) in [6.45, 7) is 0. The largest absolute Gasteiger partial charge is 0.416 e. The first-order chi connectivity index (χ1) is 13.9. The molecule has 1 aromatic heterocycles. The Bertz CT molecular complexity index is 1020. The van der Waals surface area contributed by atoms with Gasteiger partial charge in [0.2, 0.25) is 0 Å². The Labute approximate surface area is 167 Å². The van der Waals surface area contributed by atoms with Crippen LogP contribution in [0.4, 0.5) is 26.3 Å². The molecule has 158 valence electrons. The Morgan fingerprint density at radius 1 is 0.900 bits per heavy atom. The van der Waals surface area contributed by atoms with Crippen molar-refractivity contribution in [3.8, 4) is 0 Å². The smallest absolute Gasteiger partial charge is 0.347 e. The third-order valence-electron chi connectivity index (χ3n) is 5.27. The number of hydrogen-bond acceptors (Lipinski definition) is 2. The lowest BCUT2D eigenvalue weighted by Gasteiger charge is -2.20. The minimum atomic E-state index is -4.89. The number of hydrogen-bond donors (Lipinski definition) is 2. The second-order valence-electron chi connectivity index (χ2n) is 7.61. The molecule has 1 aliphatic carbocycles. The van der Waals surface area contributed by atoms with E-state index in [-0.39, 0.29) is 18.1 Å². The van der Waals surface area contributed by atoms with Gasteiger partial charge in [-0.3, -0.25) is 0 Å². The number of aromatic nitrogens is 2. The Hall–Kier alpha value is -2.81. The topological polar surface area (TPSA) is 54.7 Å². The average Bonchev–Trinajstić information content (AvgIpc) is 3.24. The van der Waals surface area contributed by atoms with E-state index in [1.165, 1.54) is 6.20 Å². The molecule has 1 aliphatic rings. The first-order valence-electron chi connectivity index (χ1n) is 9.13. The standard InChI is InChI=1S/C21H17F6N3/c22-20(23,24)15-5-12(6-16(8-15)21(25,26)27)7-17-11-29-18(30-17)19(28)9-13-3-1-2-4-14(13)10-19/h1-6,8,11H,7,9-10,28H2,(H,29,30). The van der Waals surface area contributed by atoms with Crippen LogP contribution in [0.5, 0.6) is 0 Å². The highest BCUT2D eigenvalue weighted by atomic mass is 19.4. The molecule has 0 unspecified atom stereocenters. The van der Waals surface area contributed by atoms with Gasteiger partial charge in [-0.2, -0.15) is 26.3 Å². The van der Waals surface area contributed by atoms with Crippen LogP contribution >= 0.6 is 0 Å². The van der Waals surface area contributed by atoms with Crippen molar-refractivity contribution in [3.63, 3.8) is 0 Å². The lowest BCUT2D eigenvalue weighted by atomic mass is 9.96. The van der Waals surface area contributed by atoms with Crippen LogP contribution in [0.2, 0.25) is 0 Å². The highest BCUT2D eigenvalue weighted by Gasteiger charge is 2.38. The van der Waals surface area contributed by atoms with Crippen molar-refractivity contribution < 1.29 is 26.3 Å². The number of benzene rings is 2. The van der Waals surface area contributed by atoms with Gasteiger partial charge >= 0.3 is 12.4 Å². The zero-order valence-corrected chi connectivity index (χ0v) is 15.5. The van der Waals surface area contributed by atoms with Gasteiger partial charge in [0.25, 0.3) is 0 Å². The molecule has 3 aromatic rings. The maximum atomic E-state index is 13.1. The minimum Gasteiger partial charge on any atom is -0.347 e. The van der Waals surface area contributed by atoms with E-state index >= 15 is 0 Å². The summed E-state index contributed by atoms with van der Waals surface area (Å²) >= 11 is 0. The van der Waals surface area contributed by atoms with Crippen LogP contribution < -0.4 is 5.73 Å². The number of alkyl halides is 6. The van der Waals surface area contributed by atoms with Crippen molar-refractivity contribution in [3.05, 3.63) is 88.0 Å². The van der Waals surface area contributed by atoms with Crippen molar-refractivity contribution in [1.82, 2.24) is 9.97 Å². The Morgan fingerprint density at radius 3 is 1.93 bits per heavy atom. The molecule has 0 aliphatic heterocycles. The van der Waals surface area contributed by atoms with Gasteiger partial charge in [0, 0.05) is 12.6 Å². The summed E-state index contributed by atoms with van der Waals surface area (Å²) in [7, 11) is 0. The lowest BCUT2D eigenvalue weighted by Crippen LogP contribution is -2.38. The first-order valence-corrected chi connectivity index (χ1v) is 9.13. The number of nitrogens with zero attached hydrogens (tertiary/aromatic N) is 1. The number of fused-ring (bicyclic) bond motifs is 1. The molecule has 0 amide bonds. The van der Waals surface area contributed by atoms with Gasteiger partial charge in [-0.15, -0.1) is 0 Å². The highest BCUT2D eigenvalue weighted by molar-refractivity contribution is 5.39. The molecule has 0 spiro atoms. The molecule has 3 N–H and O–H groups in total. The Morgan fingerprint density at radius 2 is 1.43 bits per heavy atom. The number of nitrogens with two attached hydrogens (primary N) is 1. The molecule has 3 nitrogen and oxygen atoms in total. The van der Waals surface area contributed by atoms with E-state index < -0.39 is 29.0 Å². The first kappa shape index (κ1) is 20.5. The number of H-pyrrole nitrogens is 1. The van der Waals surface area contributed by atoms with Gasteiger partial charge in [-0.05, 0) is 47.7 Å². The van der Waals surface area contributed by atoms with Gasteiger partial charge in [0.1, 0.15) is 5.82 Å². The molecular formula is C21H17F6N3. The van der Waals surface area contributed by atoms with Gasteiger partial charge in [-0.25, -0.2) is 4.98 Å². The van der Waals surface area contributed by atoms with Gasteiger partial charge in [0.15, 0.2) is 0 Å². The summed E-state index contributed by atoms with van der Waals surface area (Å²) in [6.07, 6.45) is -7.41. The summed E-state index contributed by atoms with van der Waals surface area (Å²) in [5.41, 5.74) is 5.39. The maximum Gasteiger partial charge on any atom is 0.416 e. The van der Waals surface area contributed by atoms with Crippen molar-refractivity contribution in [1.29, 1.82) is 0 Å². The summed E-state index contributed by atoms with van der Waals surface area (Å²) in [6, 6.07) is 9.29. The number of imidazole rings is 1. The van der Waals surface area contributed by atoms with Crippen LogP contribution in [0.1, 0.15) is 39.3 Å². The molecule has 0 saturated heterocycles. The second kappa shape index (κ2) is 6.87. The Balaban J connectivity index is 1.61. The minimum absolute atomic E-state index is 0.115. The number of halogens is 6. The monoisotopic (exact) mass is 425 g/mol. The van der Waals surface area contributed by atoms with Crippen molar-refractivity contribution >= 4 is 0 Å². The molecule has 30 heavy (non-hydrogen) atoms. The van der Waals surface area contributed by atoms with Gasteiger partial charge < -0.3 is 10.7 Å². The molecule has 0 fully saturated rings. The quantitative estimate of drug-likeness (QED) is 0.581. The van der Waals surface area contributed by atoms with Crippen LogP contribution in [-0.2, 0) is 37.2 Å². The molecule has 2 aromatic carbocycles. The molecule has 9 heteroatoms. The number of aromatic amines is 1. The van der Waals surface area contributed by atoms with Crippen LogP contribution in [0, 0.1) is 0 Å². The molecule has 0 radical (unpaired) electrons. The molecule has 1 heterocycles. The van der Waals surface area contributed by atoms with Crippen LogP contribution in [0.15, 0.2) is 48.7 Å². The number of rotatable bonds is 3. The third kappa shape index (κ3) is 3.94. The van der Waals surface area contributed by atoms with Gasteiger partial charge in [0.05, 0.1) is 22.4 Å². The molecule has 0 atom stereocenters. The van der Waals surface area contributed by atoms with E-state index in [0.717, 1.165) is 11.1 Å². The zero-order valence-electron chi connectivity index (χ0n) is 15.5. The second-order valence-corrected chi connectivity index (χ2v) is 7.61. The molecule has 4 rings (SSSR count). The van der Waals surface area contributed by atoms with Crippen LogP contribution in [0.3, 0.4) is 0 Å². The van der Waals surface area contributed by atoms with Crippen molar-refractivity contribution in [2.45, 2.75) is 37.2 Å². The maximum absolute atomic E-state index is 13.1.